The Morgan fingerprint density at radius 3 is 2.33 bits per heavy atom. The molecule has 1 N–H and O–H groups in total. The van der Waals surface area contributed by atoms with Crippen molar-refractivity contribution in [3.63, 3.8) is 0 Å². The Morgan fingerprint density at radius 2 is 1.86 bits per heavy atom. The van der Waals surface area contributed by atoms with Crippen molar-refractivity contribution < 1.29 is 13.2 Å². The fourth-order valence-electron chi connectivity index (χ4n) is 1.69. The summed E-state index contributed by atoms with van der Waals surface area (Å²) in [7, 11) is 1.41. The number of carbonyl (C=O) groups is 1. The van der Waals surface area contributed by atoms with Crippen molar-refractivity contribution >= 4 is 37.2 Å². The first-order valence-corrected chi connectivity index (χ1v) is 9.13. The lowest BCUT2D eigenvalue weighted by molar-refractivity contribution is 0.0949. The highest BCUT2D eigenvalue weighted by atomic mass is 35.7. The van der Waals surface area contributed by atoms with Crippen LogP contribution in [0.25, 0.3) is 0 Å². The zero-order valence-corrected chi connectivity index (χ0v) is 14.8. The van der Waals surface area contributed by atoms with E-state index in [1.807, 2.05) is 0 Å². The van der Waals surface area contributed by atoms with Gasteiger partial charge in [0.05, 0.1) is 4.90 Å². The lowest BCUT2D eigenvalue weighted by atomic mass is 9.92. The van der Waals surface area contributed by atoms with Gasteiger partial charge in [0, 0.05) is 27.8 Å². The standard InChI is InChI=1S/C14H19Cl2NO3S/c1-9-11(15)7-10(8-12(9)21(16,19)20)13(18)17-6-5-14(2,3)4/h7-8H,5-6H2,1-4H3,(H,17,18). The molecular formula is C14H19Cl2NO3S. The van der Waals surface area contributed by atoms with E-state index in [9.17, 15) is 13.2 Å². The van der Waals surface area contributed by atoms with Crippen LogP contribution >= 0.6 is 22.3 Å². The van der Waals surface area contributed by atoms with Crippen LogP contribution in [0.3, 0.4) is 0 Å². The van der Waals surface area contributed by atoms with E-state index in [1.165, 1.54) is 12.1 Å². The van der Waals surface area contributed by atoms with Gasteiger partial charge in [-0.3, -0.25) is 4.79 Å². The molecule has 0 spiro atoms. The molecule has 0 aromatic heterocycles. The molecule has 118 valence electrons. The molecular weight excluding hydrogens is 333 g/mol. The molecule has 0 heterocycles. The van der Waals surface area contributed by atoms with Crippen molar-refractivity contribution in [1.82, 2.24) is 5.32 Å². The monoisotopic (exact) mass is 351 g/mol. The molecule has 1 amide bonds. The summed E-state index contributed by atoms with van der Waals surface area (Å²) in [4.78, 5) is 11.9. The Bertz CT molecular complexity index is 649. The predicted molar refractivity (Wildman–Crippen MR) is 85.6 cm³/mol. The molecule has 0 unspecified atom stereocenters. The van der Waals surface area contributed by atoms with Gasteiger partial charge in [-0.05, 0) is 36.5 Å². The Morgan fingerprint density at radius 1 is 1.29 bits per heavy atom. The van der Waals surface area contributed by atoms with Crippen LogP contribution in [0.1, 0.15) is 43.1 Å². The predicted octanol–water partition coefficient (Wildman–Crippen LogP) is 3.74. The number of rotatable bonds is 4. The van der Waals surface area contributed by atoms with Crippen molar-refractivity contribution in [2.24, 2.45) is 5.41 Å². The third-order valence-electron chi connectivity index (χ3n) is 2.98. The van der Waals surface area contributed by atoms with Gasteiger partial charge in [-0.2, -0.15) is 0 Å². The maximum atomic E-state index is 12.1. The summed E-state index contributed by atoms with van der Waals surface area (Å²) in [5, 5.41) is 2.94. The van der Waals surface area contributed by atoms with E-state index in [2.05, 4.69) is 26.1 Å². The summed E-state index contributed by atoms with van der Waals surface area (Å²) in [5.74, 6) is -0.372. The Kier molecular flexibility index (Phi) is 5.69. The van der Waals surface area contributed by atoms with Crippen molar-refractivity contribution in [2.75, 3.05) is 6.54 Å². The highest BCUT2D eigenvalue weighted by Gasteiger charge is 2.19. The Labute approximate surface area is 135 Å². The average Bonchev–Trinajstić information content (AvgIpc) is 2.29. The van der Waals surface area contributed by atoms with Crippen LogP contribution in [0, 0.1) is 12.3 Å². The summed E-state index contributed by atoms with van der Waals surface area (Å²) in [6.07, 6.45) is 0.805. The van der Waals surface area contributed by atoms with Gasteiger partial charge in [0.15, 0.2) is 0 Å². The number of nitrogens with one attached hydrogen (secondary N) is 1. The van der Waals surface area contributed by atoms with E-state index in [-0.39, 0.29) is 26.8 Å². The number of amides is 1. The molecule has 1 aromatic carbocycles. The minimum atomic E-state index is -3.95. The zero-order valence-electron chi connectivity index (χ0n) is 12.5. The van der Waals surface area contributed by atoms with Gasteiger partial charge < -0.3 is 5.32 Å². The molecule has 0 radical (unpaired) electrons. The Hall–Kier alpha value is -0.780. The third kappa shape index (κ3) is 5.49. The van der Waals surface area contributed by atoms with Crippen molar-refractivity contribution in [3.8, 4) is 0 Å². The van der Waals surface area contributed by atoms with Crippen LogP contribution in [-0.2, 0) is 9.05 Å². The normalized spacial score (nSPS) is 12.3. The molecule has 0 bridgehead atoms. The maximum Gasteiger partial charge on any atom is 0.261 e. The smallest absolute Gasteiger partial charge is 0.261 e. The average molecular weight is 352 g/mol. The summed E-state index contributed by atoms with van der Waals surface area (Å²) in [5.41, 5.74) is 0.611. The summed E-state index contributed by atoms with van der Waals surface area (Å²) < 4.78 is 23.0. The van der Waals surface area contributed by atoms with Crippen molar-refractivity contribution in [2.45, 2.75) is 39.0 Å². The van der Waals surface area contributed by atoms with Gasteiger partial charge in [0.25, 0.3) is 15.0 Å². The van der Waals surface area contributed by atoms with E-state index >= 15 is 0 Å². The van der Waals surface area contributed by atoms with Gasteiger partial charge in [-0.25, -0.2) is 8.42 Å². The topological polar surface area (TPSA) is 63.2 Å². The Balaban J connectivity index is 2.99. The van der Waals surface area contributed by atoms with Crippen LogP contribution in [0.2, 0.25) is 5.02 Å². The number of benzene rings is 1. The molecule has 1 aromatic rings. The molecule has 7 heteroatoms. The van der Waals surface area contributed by atoms with Crippen molar-refractivity contribution in [1.29, 1.82) is 0 Å². The first kappa shape index (κ1) is 18.3. The maximum absolute atomic E-state index is 12.1. The molecule has 0 aliphatic heterocycles. The van der Waals surface area contributed by atoms with E-state index in [0.717, 1.165) is 6.42 Å². The molecule has 0 aliphatic carbocycles. The molecule has 0 saturated heterocycles. The summed E-state index contributed by atoms with van der Waals surface area (Å²) in [6, 6.07) is 2.69. The third-order valence-corrected chi connectivity index (χ3v) is 4.82. The van der Waals surface area contributed by atoms with Gasteiger partial charge in [0.1, 0.15) is 0 Å². The van der Waals surface area contributed by atoms with E-state index in [4.69, 9.17) is 22.3 Å². The molecule has 4 nitrogen and oxygen atoms in total. The van der Waals surface area contributed by atoms with E-state index < -0.39 is 9.05 Å². The summed E-state index contributed by atoms with van der Waals surface area (Å²) >= 11 is 5.97. The largest absolute Gasteiger partial charge is 0.352 e. The van der Waals surface area contributed by atoms with Gasteiger partial charge in [-0.1, -0.05) is 32.4 Å². The van der Waals surface area contributed by atoms with Crippen LogP contribution in [0.5, 0.6) is 0 Å². The molecule has 0 aliphatic rings. The van der Waals surface area contributed by atoms with E-state index in [1.54, 1.807) is 6.92 Å². The van der Waals surface area contributed by atoms with Gasteiger partial charge in [-0.15, -0.1) is 0 Å². The highest BCUT2D eigenvalue weighted by molar-refractivity contribution is 8.13. The number of halogens is 2. The van der Waals surface area contributed by atoms with Crippen LogP contribution in [0.15, 0.2) is 17.0 Å². The minimum Gasteiger partial charge on any atom is -0.352 e. The molecule has 0 saturated carbocycles. The van der Waals surface area contributed by atoms with E-state index in [0.29, 0.717) is 12.1 Å². The number of hydrogen-bond acceptors (Lipinski definition) is 3. The fraction of sp³-hybridized carbons (Fsp3) is 0.500. The lowest BCUT2D eigenvalue weighted by Gasteiger charge is -2.18. The fourth-order valence-corrected chi connectivity index (χ4v) is 3.19. The minimum absolute atomic E-state index is 0.100. The second-order valence-electron chi connectivity index (χ2n) is 6.09. The SMILES string of the molecule is Cc1c(Cl)cc(C(=O)NCCC(C)(C)C)cc1S(=O)(=O)Cl. The first-order chi connectivity index (χ1) is 9.42. The zero-order chi connectivity index (χ0) is 16.4. The second kappa shape index (κ2) is 6.55. The quantitative estimate of drug-likeness (QED) is 0.840. The number of carbonyl (C=O) groups excluding carboxylic acids is 1. The van der Waals surface area contributed by atoms with Crippen LogP contribution < -0.4 is 5.32 Å². The lowest BCUT2D eigenvalue weighted by Crippen LogP contribution is -2.27. The van der Waals surface area contributed by atoms with Crippen LogP contribution in [-0.4, -0.2) is 20.9 Å². The second-order valence-corrected chi connectivity index (χ2v) is 9.03. The number of hydrogen-bond donors (Lipinski definition) is 1. The summed E-state index contributed by atoms with van der Waals surface area (Å²) in [6.45, 7) is 8.25. The molecule has 0 atom stereocenters. The molecule has 1 rings (SSSR count). The van der Waals surface area contributed by atoms with Gasteiger partial charge in [0.2, 0.25) is 0 Å². The van der Waals surface area contributed by atoms with Gasteiger partial charge >= 0.3 is 0 Å². The van der Waals surface area contributed by atoms with Crippen LogP contribution in [0.4, 0.5) is 0 Å². The first-order valence-electron chi connectivity index (χ1n) is 6.45. The molecule has 0 fully saturated rings. The van der Waals surface area contributed by atoms with Crippen molar-refractivity contribution in [3.05, 3.63) is 28.3 Å². The molecule has 21 heavy (non-hydrogen) atoms. The highest BCUT2D eigenvalue weighted by Crippen LogP contribution is 2.27.